The second-order valence-corrected chi connectivity index (χ2v) is 5.89. The molecular formula is C17H16ClN3O. The molecule has 0 saturated heterocycles. The standard InChI is InChI=1S/C17H16ClN3O/c1-10(2)19-17(22)12-5-3-11(4-6-12)16-20-14-8-7-13(18)9-15(14)21-16/h3-10H,1-2H3,(H,19,22)(H,20,21). The lowest BCUT2D eigenvalue weighted by Gasteiger charge is -2.08. The molecule has 0 radical (unpaired) electrons. The molecule has 0 aliphatic carbocycles. The SMILES string of the molecule is CC(C)NC(=O)c1ccc(-c2nc3ccc(Cl)cc3[nH]2)cc1. The van der Waals surface area contributed by atoms with Gasteiger partial charge in [-0.2, -0.15) is 0 Å². The van der Waals surface area contributed by atoms with Crippen LogP contribution in [0, 0.1) is 0 Å². The summed E-state index contributed by atoms with van der Waals surface area (Å²) in [6.45, 7) is 3.87. The maximum absolute atomic E-state index is 11.9. The molecule has 0 aliphatic heterocycles. The number of benzene rings is 2. The first kappa shape index (κ1) is 14.6. The summed E-state index contributed by atoms with van der Waals surface area (Å²) in [4.78, 5) is 19.7. The summed E-state index contributed by atoms with van der Waals surface area (Å²) in [7, 11) is 0. The van der Waals surface area contributed by atoms with Crippen LogP contribution in [0.2, 0.25) is 5.02 Å². The zero-order valence-corrected chi connectivity index (χ0v) is 13.1. The molecule has 5 heteroatoms. The Labute approximate surface area is 133 Å². The second-order valence-electron chi connectivity index (χ2n) is 5.45. The van der Waals surface area contributed by atoms with Crippen LogP contribution in [-0.2, 0) is 0 Å². The molecule has 1 heterocycles. The summed E-state index contributed by atoms with van der Waals surface area (Å²) < 4.78 is 0. The van der Waals surface area contributed by atoms with Crippen molar-refractivity contribution in [2.75, 3.05) is 0 Å². The van der Waals surface area contributed by atoms with Crippen LogP contribution in [0.3, 0.4) is 0 Å². The first-order chi connectivity index (χ1) is 10.5. The molecule has 112 valence electrons. The number of amides is 1. The van der Waals surface area contributed by atoms with E-state index in [0.717, 1.165) is 22.4 Å². The number of halogens is 1. The lowest BCUT2D eigenvalue weighted by atomic mass is 10.1. The highest BCUT2D eigenvalue weighted by Crippen LogP contribution is 2.23. The van der Waals surface area contributed by atoms with Gasteiger partial charge in [-0.3, -0.25) is 4.79 Å². The number of carbonyl (C=O) groups excluding carboxylic acids is 1. The van der Waals surface area contributed by atoms with Gasteiger partial charge in [-0.1, -0.05) is 23.7 Å². The zero-order valence-electron chi connectivity index (χ0n) is 12.4. The van der Waals surface area contributed by atoms with Crippen molar-refractivity contribution in [1.82, 2.24) is 15.3 Å². The molecule has 1 aromatic heterocycles. The number of aromatic nitrogens is 2. The highest BCUT2D eigenvalue weighted by molar-refractivity contribution is 6.31. The van der Waals surface area contributed by atoms with Gasteiger partial charge in [-0.15, -0.1) is 0 Å². The number of nitrogens with zero attached hydrogens (tertiary/aromatic N) is 1. The number of nitrogens with one attached hydrogen (secondary N) is 2. The van der Waals surface area contributed by atoms with E-state index in [-0.39, 0.29) is 11.9 Å². The lowest BCUT2D eigenvalue weighted by molar-refractivity contribution is 0.0943. The van der Waals surface area contributed by atoms with Crippen molar-refractivity contribution in [3.05, 3.63) is 53.1 Å². The molecule has 3 aromatic rings. The van der Waals surface area contributed by atoms with Gasteiger partial charge in [0.25, 0.3) is 5.91 Å². The van der Waals surface area contributed by atoms with Gasteiger partial charge in [0.2, 0.25) is 0 Å². The van der Waals surface area contributed by atoms with Crippen LogP contribution in [0.4, 0.5) is 0 Å². The third-order valence-corrected chi connectivity index (χ3v) is 3.52. The molecular weight excluding hydrogens is 298 g/mol. The van der Waals surface area contributed by atoms with E-state index in [1.807, 2.05) is 44.2 Å². The third kappa shape index (κ3) is 2.97. The maximum Gasteiger partial charge on any atom is 0.251 e. The number of imidazole rings is 1. The van der Waals surface area contributed by atoms with Gasteiger partial charge < -0.3 is 10.3 Å². The molecule has 0 spiro atoms. The Balaban J connectivity index is 1.89. The minimum Gasteiger partial charge on any atom is -0.350 e. The molecule has 22 heavy (non-hydrogen) atoms. The molecule has 0 unspecified atom stereocenters. The first-order valence-electron chi connectivity index (χ1n) is 7.09. The Morgan fingerprint density at radius 1 is 1.18 bits per heavy atom. The Bertz CT molecular complexity index is 822. The predicted molar refractivity (Wildman–Crippen MR) is 89.1 cm³/mol. The monoisotopic (exact) mass is 313 g/mol. The van der Waals surface area contributed by atoms with Crippen molar-refractivity contribution in [2.24, 2.45) is 0 Å². The van der Waals surface area contributed by atoms with E-state index < -0.39 is 0 Å². The Morgan fingerprint density at radius 2 is 1.91 bits per heavy atom. The van der Waals surface area contributed by atoms with Gasteiger partial charge in [0, 0.05) is 22.2 Å². The molecule has 0 saturated carbocycles. The van der Waals surface area contributed by atoms with Crippen molar-refractivity contribution in [3.63, 3.8) is 0 Å². The average molecular weight is 314 g/mol. The van der Waals surface area contributed by atoms with E-state index in [9.17, 15) is 4.79 Å². The topological polar surface area (TPSA) is 57.8 Å². The first-order valence-corrected chi connectivity index (χ1v) is 7.47. The summed E-state index contributed by atoms with van der Waals surface area (Å²) in [6.07, 6.45) is 0. The molecule has 0 aliphatic rings. The predicted octanol–water partition coefficient (Wildman–Crippen LogP) is 4.02. The number of aromatic amines is 1. The number of rotatable bonds is 3. The molecule has 2 aromatic carbocycles. The van der Waals surface area contributed by atoms with E-state index in [2.05, 4.69) is 15.3 Å². The molecule has 4 nitrogen and oxygen atoms in total. The molecule has 2 N–H and O–H groups in total. The molecule has 3 rings (SSSR count). The van der Waals surface area contributed by atoms with Crippen molar-refractivity contribution in [3.8, 4) is 11.4 Å². The van der Waals surface area contributed by atoms with Gasteiger partial charge >= 0.3 is 0 Å². The van der Waals surface area contributed by atoms with Crippen LogP contribution < -0.4 is 5.32 Å². The number of hydrogen-bond donors (Lipinski definition) is 2. The lowest BCUT2D eigenvalue weighted by Crippen LogP contribution is -2.29. The highest BCUT2D eigenvalue weighted by Gasteiger charge is 2.09. The van der Waals surface area contributed by atoms with Gasteiger partial charge in [0.1, 0.15) is 5.82 Å². The minimum atomic E-state index is -0.0714. The summed E-state index contributed by atoms with van der Waals surface area (Å²) in [5.41, 5.74) is 3.31. The normalized spacial score (nSPS) is 11.1. The smallest absolute Gasteiger partial charge is 0.251 e. The van der Waals surface area contributed by atoms with Crippen molar-refractivity contribution in [2.45, 2.75) is 19.9 Å². The van der Waals surface area contributed by atoms with E-state index >= 15 is 0 Å². The van der Waals surface area contributed by atoms with Crippen molar-refractivity contribution in [1.29, 1.82) is 0 Å². The van der Waals surface area contributed by atoms with Gasteiger partial charge in [0.15, 0.2) is 0 Å². The average Bonchev–Trinajstić information content (AvgIpc) is 2.89. The van der Waals surface area contributed by atoms with Crippen molar-refractivity contribution >= 4 is 28.5 Å². The van der Waals surface area contributed by atoms with E-state index in [1.165, 1.54) is 0 Å². The largest absolute Gasteiger partial charge is 0.350 e. The quantitative estimate of drug-likeness (QED) is 0.767. The van der Waals surface area contributed by atoms with Crippen LogP contribution in [0.1, 0.15) is 24.2 Å². The fraction of sp³-hybridized carbons (Fsp3) is 0.176. The Hall–Kier alpha value is -2.33. The Morgan fingerprint density at radius 3 is 2.59 bits per heavy atom. The zero-order chi connectivity index (χ0) is 15.7. The molecule has 0 atom stereocenters. The van der Waals surface area contributed by atoms with Crippen LogP contribution in [-0.4, -0.2) is 21.9 Å². The molecule has 0 bridgehead atoms. The fourth-order valence-corrected chi connectivity index (χ4v) is 2.42. The van der Waals surface area contributed by atoms with Gasteiger partial charge in [-0.25, -0.2) is 4.98 Å². The minimum absolute atomic E-state index is 0.0714. The third-order valence-electron chi connectivity index (χ3n) is 3.28. The Kier molecular flexibility index (Phi) is 3.86. The van der Waals surface area contributed by atoms with Crippen LogP contribution in [0.15, 0.2) is 42.5 Å². The highest BCUT2D eigenvalue weighted by atomic mass is 35.5. The summed E-state index contributed by atoms with van der Waals surface area (Å²) in [5.74, 6) is 0.686. The van der Waals surface area contributed by atoms with E-state index in [4.69, 9.17) is 11.6 Å². The number of fused-ring (bicyclic) bond motifs is 1. The van der Waals surface area contributed by atoms with Gasteiger partial charge in [0.05, 0.1) is 11.0 Å². The van der Waals surface area contributed by atoms with Crippen LogP contribution in [0.5, 0.6) is 0 Å². The fourth-order valence-electron chi connectivity index (χ4n) is 2.24. The van der Waals surface area contributed by atoms with E-state index in [0.29, 0.717) is 10.6 Å². The van der Waals surface area contributed by atoms with Crippen LogP contribution in [0.25, 0.3) is 22.4 Å². The van der Waals surface area contributed by atoms with E-state index in [1.54, 1.807) is 12.1 Å². The molecule has 0 fully saturated rings. The second kappa shape index (κ2) is 5.81. The van der Waals surface area contributed by atoms with Crippen molar-refractivity contribution < 1.29 is 4.79 Å². The number of H-pyrrole nitrogens is 1. The number of carbonyl (C=O) groups is 1. The summed E-state index contributed by atoms with van der Waals surface area (Å²) in [5, 5.41) is 3.54. The molecule has 1 amide bonds. The summed E-state index contributed by atoms with van der Waals surface area (Å²) in [6, 6.07) is 13.0. The maximum atomic E-state index is 11.9. The number of hydrogen-bond acceptors (Lipinski definition) is 2. The van der Waals surface area contributed by atoms with Crippen LogP contribution >= 0.6 is 11.6 Å². The van der Waals surface area contributed by atoms with Gasteiger partial charge in [-0.05, 0) is 44.2 Å². The summed E-state index contributed by atoms with van der Waals surface area (Å²) >= 11 is 5.98.